The van der Waals surface area contributed by atoms with Crippen LogP contribution in [-0.2, 0) is 14.1 Å². The minimum atomic E-state index is -0.553. The standard InChI is InChI=1S/C30H26N8O5/c1-17-15-38-23(16-37(30(38)42)22-10-8-19(9-11-22)25-18(2)43-36(4)29(25)41)26(31-17)28(40)32-21-7-5-6-20(14-21)27(39)33-24-12-13-35(3)34-24/h5-16H,1-4H3,(H,32,40)(H,33,34,39). The molecule has 0 aliphatic rings. The smallest absolute Gasteiger partial charge is 0.337 e. The van der Waals surface area contributed by atoms with E-state index in [1.165, 1.54) is 26.0 Å². The minimum absolute atomic E-state index is 0.0355. The number of fused-ring (bicyclic) bond motifs is 1. The molecule has 0 saturated heterocycles. The molecule has 2 N–H and O–H groups in total. The number of aryl methyl sites for hydroxylation is 4. The molecule has 216 valence electrons. The first-order valence-electron chi connectivity index (χ1n) is 13.2. The molecule has 0 radical (unpaired) electrons. The van der Waals surface area contributed by atoms with E-state index in [0.717, 1.165) is 0 Å². The molecule has 0 aliphatic carbocycles. The molecule has 0 spiro atoms. The highest BCUT2D eigenvalue weighted by Crippen LogP contribution is 2.22. The van der Waals surface area contributed by atoms with Gasteiger partial charge in [0, 0.05) is 50.0 Å². The first kappa shape index (κ1) is 27.2. The number of carbonyl (C=O) groups excluding carboxylic acids is 2. The Balaban J connectivity index is 1.29. The van der Waals surface area contributed by atoms with Crippen LogP contribution in [0.15, 0.2) is 87.3 Å². The van der Waals surface area contributed by atoms with E-state index >= 15 is 0 Å². The van der Waals surface area contributed by atoms with E-state index in [4.69, 9.17) is 4.52 Å². The third kappa shape index (κ3) is 5.03. The number of carbonyl (C=O) groups is 2. The van der Waals surface area contributed by atoms with Crippen molar-refractivity contribution in [3.8, 4) is 16.8 Å². The van der Waals surface area contributed by atoms with Crippen molar-refractivity contribution in [2.75, 3.05) is 10.6 Å². The van der Waals surface area contributed by atoms with Gasteiger partial charge in [-0.3, -0.25) is 28.0 Å². The molecular formula is C30H26N8O5. The van der Waals surface area contributed by atoms with Crippen LogP contribution in [0.4, 0.5) is 11.5 Å². The Kier molecular flexibility index (Phi) is 6.61. The number of anilines is 2. The van der Waals surface area contributed by atoms with Crippen LogP contribution in [0.2, 0.25) is 0 Å². The highest BCUT2D eigenvalue weighted by molar-refractivity contribution is 6.09. The molecule has 0 fully saturated rings. The molecule has 0 unspecified atom stereocenters. The van der Waals surface area contributed by atoms with Gasteiger partial charge in [-0.25, -0.2) is 9.78 Å². The molecule has 0 saturated carbocycles. The molecule has 6 rings (SSSR count). The maximum Gasteiger partial charge on any atom is 0.337 e. The molecule has 0 atom stereocenters. The third-order valence-electron chi connectivity index (χ3n) is 6.88. The summed E-state index contributed by atoms with van der Waals surface area (Å²) in [7, 11) is 3.29. The largest absolute Gasteiger partial charge is 0.381 e. The molecule has 43 heavy (non-hydrogen) atoms. The molecule has 13 nitrogen and oxygen atoms in total. The van der Waals surface area contributed by atoms with Crippen LogP contribution in [0.5, 0.6) is 0 Å². The highest BCUT2D eigenvalue weighted by Gasteiger charge is 2.20. The predicted molar refractivity (Wildman–Crippen MR) is 159 cm³/mol. The van der Waals surface area contributed by atoms with Crippen LogP contribution >= 0.6 is 0 Å². The number of nitrogens with one attached hydrogen (secondary N) is 2. The number of nitrogens with zero attached hydrogens (tertiary/aromatic N) is 6. The number of amides is 2. The van der Waals surface area contributed by atoms with Gasteiger partial charge in [0.25, 0.3) is 17.4 Å². The Morgan fingerprint density at radius 3 is 2.35 bits per heavy atom. The van der Waals surface area contributed by atoms with E-state index < -0.39 is 11.6 Å². The molecular weight excluding hydrogens is 552 g/mol. The quantitative estimate of drug-likeness (QED) is 0.308. The van der Waals surface area contributed by atoms with Crippen molar-refractivity contribution in [2.45, 2.75) is 13.8 Å². The van der Waals surface area contributed by atoms with Gasteiger partial charge >= 0.3 is 5.69 Å². The fraction of sp³-hybridized carbons (Fsp3) is 0.133. The zero-order chi connectivity index (χ0) is 30.4. The summed E-state index contributed by atoms with van der Waals surface area (Å²) in [6.45, 7) is 3.40. The topological polar surface area (TPSA) is 150 Å². The Hall–Kier alpha value is -5.98. The van der Waals surface area contributed by atoms with Gasteiger partial charge in [0.2, 0.25) is 0 Å². The van der Waals surface area contributed by atoms with Crippen molar-refractivity contribution in [1.82, 2.24) is 28.5 Å². The lowest BCUT2D eigenvalue weighted by Gasteiger charge is -2.09. The second-order valence-electron chi connectivity index (χ2n) is 10.0. The Morgan fingerprint density at radius 1 is 0.907 bits per heavy atom. The van der Waals surface area contributed by atoms with Crippen LogP contribution in [0.25, 0.3) is 22.3 Å². The second-order valence-corrected chi connectivity index (χ2v) is 10.0. The van der Waals surface area contributed by atoms with Crippen LogP contribution in [0.3, 0.4) is 0 Å². The van der Waals surface area contributed by atoms with Crippen molar-refractivity contribution in [3.05, 3.63) is 117 Å². The van der Waals surface area contributed by atoms with Gasteiger partial charge < -0.3 is 15.2 Å². The van der Waals surface area contributed by atoms with E-state index in [-0.39, 0.29) is 17.2 Å². The first-order valence-corrected chi connectivity index (χ1v) is 13.2. The summed E-state index contributed by atoms with van der Waals surface area (Å²) in [5, 5.41) is 9.63. The molecule has 4 aromatic heterocycles. The summed E-state index contributed by atoms with van der Waals surface area (Å²) >= 11 is 0. The van der Waals surface area contributed by atoms with Gasteiger partial charge in [0.1, 0.15) is 5.76 Å². The van der Waals surface area contributed by atoms with E-state index in [1.807, 2.05) is 0 Å². The van der Waals surface area contributed by atoms with Crippen molar-refractivity contribution in [2.24, 2.45) is 14.1 Å². The SMILES string of the molecule is Cc1cn2c(=O)n(-c3ccc(-c4c(C)on(C)c4=O)cc3)cc2c(C(=O)Nc2cccc(C(=O)Nc3ccn(C)n3)c2)n1. The van der Waals surface area contributed by atoms with Gasteiger partial charge in [-0.2, -0.15) is 9.84 Å². The fourth-order valence-corrected chi connectivity index (χ4v) is 4.87. The third-order valence-corrected chi connectivity index (χ3v) is 6.88. The Labute approximate surface area is 243 Å². The number of hydrogen-bond acceptors (Lipinski definition) is 7. The number of hydrogen-bond donors (Lipinski definition) is 2. The minimum Gasteiger partial charge on any atom is -0.381 e. The molecule has 2 aromatic carbocycles. The molecule has 13 heteroatoms. The predicted octanol–water partition coefficient (Wildman–Crippen LogP) is 3.30. The Morgan fingerprint density at radius 2 is 1.67 bits per heavy atom. The van der Waals surface area contributed by atoms with Crippen LogP contribution in [0.1, 0.15) is 32.3 Å². The van der Waals surface area contributed by atoms with E-state index in [9.17, 15) is 19.2 Å². The summed E-state index contributed by atoms with van der Waals surface area (Å²) in [4.78, 5) is 56.4. The van der Waals surface area contributed by atoms with E-state index in [0.29, 0.717) is 50.9 Å². The monoisotopic (exact) mass is 578 g/mol. The Bertz CT molecular complexity index is 2160. The fourth-order valence-electron chi connectivity index (χ4n) is 4.87. The summed E-state index contributed by atoms with van der Waals surface area (Å²) in [5.41, 5.74) is 2.46. The van der Waals surface area contributed by atoms with Gasteiger partial charge in [-0.1, -0.05) is 18.2 Å². The summed E-state index contributed by atoms with van der Waals surface area (Å²) in [6, 6.07) is 15.0. The zero-order valence-corrected chi connectivity index (χ0v) is 23.7. The summed E-state index contributed by atoms with van der Waals surface area (Å²) < 4.78 is 10.9. The number of rotatable bonds is 6. The van der Waals surface area contributed by atoms with Crippen molar-refractivity contribution in [3.63, 3.8) is 0 Å². The zero-order valence-electron chi connectivity index (χ0n) is 23.7. The average Bonchev–Trinajstić information content (AvgIpc) is 3.62. The molecule has 2 amide bonds. The first-order chi connectivity index (χ1) is 20.6. The lowest BCUT2D eigenvalue weighted by Crippen LogP contribution is -2.21. The normalized spacial score (nSPS) is 11.2. The van der Waals surface area contributed by atoms with Crippen molar-refractivity contribution in [1.29, 1.82) is 0 Å². The maximum absolute atomic E-state index is 13.4. The van der Waals surface area contributed by atoms with Gasteiger partial charge in [-0.15, -0.1) is 0 Å². The number of imidazole rings is 1. The van der Waals surface area contributed by atoms with Crippen LogP contribution in [-0.4, -0.2) is 40.3 Å². The lowest BCUT2D eigenvalue weighted by molar-refractivity contribution is 0.101. The summed E-state index contributed by atoms with van der Waals surface area (Å²) in [6.07, 6.45) is 4.80. The van der Waals surface area contributed by atoms with Crippen molar-refractivity contribution >= 4 is 28.8 Å². The van der Waals surface area contributed by atoms with E-state index in [1.54, 1.807) is 93.5 Å². The molecule has 0 aliphatic heterocycles. The van der Waals surface area contributed by atoms with E-state index in [2.05, 4.69) is 20.7 Å². The van der Waals surface area contributed by atoms with Gasteiger partial charge in [0.05, 0.1) is 22.5 Å². The second kappa shape index (κ2) is 10.4. The molecule has 6 aromatic rings. The molecule has 0 bridgehead atoms. The maximum atomic E-state index is 13.4. The summed E-state index contributed by atoms with van der Waals surface area (Å²) in [5.74, 6) is -0.0478. The van der Waals surface area contributed by atoms with Crippen molar-refractivity contribution < 1.29 is 14.1 Å². The van der Waals surface area contributed by atoms with Crippen LogP contribution in [0, 0.1) is 13.8 Å². The molecule has 4 heterocycles. The lowest BCUT2D eigenvalue weighted by atomic mass is 10.1. The number of aromatic nitrogens is 6. The highest BCUT2D eigenvalue weighted by atomic mass is 16.5. The van der Waals surface area contributed by atoms with Gasteiger partial charge in [-0.05, 0) is 49.7 Å². The van der Waals surface area contributed by atoms with Crippen LogP contribution < -0.4 is 21.9 Å². The van der Waals surface area contributed by atoms with Gasteiger partial charge in [0.15, 0.2) is 11.5 Å². The number of benzene rings is 2. The average molecular weight is 579 g/mol.